The molecule has 0 saturated carbocycles. The summed E-state index contributed by atoms with van der Waals surface area (Å²) in [5.74, 6) is 1.01. The molecule has 8 heteroatoms. The van der Waals surface area contributed by atoms with Crippen LogP contribution in [0.4, 0.5) is 4.79 Å². The lowest BCUT2D eigenvalue weighted by Crippen LogP contribution is -2.48. The van der Waals surface area contributed by atoms with Gasteiger partial charge in [-0.1, -0.05) is 19.0 Å². The highest BCUT2D eigenvalue weighted by Gasteiger charge is 2.40. The van der Waals surface area contributed by atoms with Crippen LogP contribution in [0.2, 0.25) is 0 Å². The van der Waals surface area contributed by atoms with Crippen molar-refractivity contribution in [1.82, 2.24) is 20.4 Å². The number of nitrogens with zero attached hydrogens (tertiary/aromatic N) is 3. The van der Waals surface area contributed by atoms with E-state index >= 15 is 0 Å². The van der Waals surface area contributed by atoms with E-state index in [1.165, 1.54) is 0 Å². The zero-order valence-electron chi connectivity index (χ0n) is 15.2. The lowest BCUT2D eigenvalue weighted by atomic mass is 9.97. The third-order valence-electron chi connectivity index (χ3n) is 4.97. The van der Waals surface area contributed by atoms with Gasteiger partial charge in [-0.05, 0) is 19.8 Å². The van der Waals surface area contributed by atoms with E-state index in [0.717, 1.165) is 12.8 Å². The molecule has 2 heterocycles. The van der Waals surface area contributed by atoms with Gasteiger partial charge in [0, 0.05) is 33.7 Å². The molecule has 136 valence electrons. The Morgan fingerprint density at radius 2 is 2.12 bits per heavy atom. The first kappa shape index (κ1) is 18.7. The fourth-order valence-corrected chi connectivity index (χ4v) is 3.07. The van der Waals surface area contributed by atoms with Crippen molar-refractivity contribution in [1.29, 1.82) is 0 Å². The summed E-state index contributed by atoms with van der Waals surface area (Å²) >= 11 is 0. The number of hydrogen-bond donors (Lipinski definition) is 1. The number of urea groups is 1. The molecular weight excluding hydrogens is 312 g/mol. The Morgan fingerprint density at radius 3 is 2.62 bits per heavy atom. The molecule has 0 aliphatic carbocycles. The Kier molecular flexibility index (Phi) is 6.17. The van der Waals surface area contributed by atoms with Crippen molar-refractivity contribution in [2.24, 2.45) is 0 Å². The Labute approximate surface area is 142 Å². The van der Waals surface area contributed by atoms with Gasteiger partial charge in [0.15, 0.2) is 5.82 Å². The summed E-state index contributed by atoms with van der Waals surface area (Å²) < 4.78 is 16.3. The Morgan fingerprint density at radius 1 is 1.42 bits per heavy atom. The van der Waals surface area contributed by atoms with E-state index in [9.17, 15) is 4.79 Å². The van der Waals surface area contributed by atoms with Crippen molar-refractivity contribution in [2.75, 3.05) is 27.3 Å². The molecule has 2 amide bonds. The number of nitrogens with one attached hydrogen (secondary N) is 1. The van der Waals surface area contributed by atoms with Gasteiger partial charge >= 0.3 is 6.03 Å². The minimum absolute atomic E-state index is 0.0440. The smallest absolute Gasteiger partial charge is 0.318 e. The average molecular weight is 340 g/mol. The number of carbonyl (C=O) groups is 1. The van der Waals surface area contributed by atoms with Crippen LogP contribution in [0.1, 0.15) is 50.9 Å². The van der Waals surface area contributed by atoms with Crippen molar-refractivity contribution < 1.29 is 18.8 Å². The molecule has 0 unspecified atom stereocenters. The second kappa shape index (κ2) is 7.94. The van der Waals surface area contributed by atoms with E-state index < -0.39 is 0 Å². The fourth-order valence-electron chi connectivity index (χ4n) is 3.07. The predicted octanol–water partition coefficient (Wildman–Crippen LogP) is 2.05. The number of rotatable bonds is 7. The van der Waals surface area contributed by atoms with Gasteiger partial charge in [-0.25, -0.2) is 4.79 Å². The third kappa shape index (κ3) is 3.87. The maximum atomic E-state index is 12.7. The molecule has 8 nitrogen and oxygen atoms in total. The van der Waals surface area contributed by atoms with Crippen molar-refractivity contribution in [3.05, 3.63) is 11.7 Å². The maximum absolute atomic E-state index is 12.7. The van der Waals surface area contributed by atoms with E-state index in [-0.39, 0.29) is 23.8 Å². The van der Waals surface area contributed by atoms with Crippen LogP contribution < -0.4 is 5.32 Å². The summed E-state index contributed by atoms with van der Waals surface area (Å²) in [6.07, 6.45) is 2.25. The molecule has 0 bridgehead atoms. The minimum atomic E-state index is -0.341. The standard InChI is InChI=1S/C16H28N4O4/c1-6-16(7-2,23-5)10-17-15(21)20-9-12(22-4)8-13(20)14-18-11(3)19-24-14/h12-13H,6-10H2,1-5H3,(H,17,21)/t12-,13+/m0/s1. The van der Waals surface area contributed by atoms with Crippen LogP contribution in [-0.2, 0) is 9.47 Å². The Hall–Kier alpha value is -1.67. The van der Waals surface area contributed by atoms with Crippen molar-refractivity contribution in [3.8, 4) is 0 Å². The first-order valence-electron chi connectivity index (χ1n) is 8.41. The molecule has 1 aliphatic rings. The van der Waals surface area contributed by atoms with E-state index in [4.69, 9.17) is 14.0 Å². The van der Waals surface area contributed by atoms with Gasteiger partial charge in [0.05, 0.1) is 11.7 Å². The second-order valence-electron chi connectivity index (χ2n) is 6.19. The average Bonchev–Trinajstić information content (AvgIpc) is 3.22. The number of amides is 2. The van der Waals surface area contributed by atoms with E-state index in [1.54, 1.807) is 26.0 Å². The summed E-state index contributed by atoms with van der Waals surface area (Å²) in [7, 11) is 3.33. The van der Waals surface area contributed by atoms with Crippen LogP contribution in [0.25, 0.3) is 0 Å². The van der Waals surface area contributed by atoms with Crippen molar-refractivity contribution in [3.63, 3.8) is 0 Å². The van der Waals surface area contributed by atoms with Gasteiger partial charge in [0.25, 0.3) is 0 Å². The molecular formula is C16H28N4O4. The van der Waals surface area contributed by atoms with Crippen LogP contribution >= 0.6 is 0 Å². The van der Waals surface area contributed by atoms with Crippen LogP contribution in [0, 0.1) is 6.92 Å². The monoisotopic (exact) mass is 340 g/mol. The molecule has 1 aromatic rings. The van der Waals surface area contributed by atoms with Crippen LogP contribution in [0.5, 0.6) is 0 Å². The molecule has 2 atom stereocenters. The number of hydrogen-bond acceptors (Lipinski definition) is 6. The van der Waals surface area contributed by atoms with Gasteiger partial charge in [-0.2, -0.15) is 4.98 Å². The number of ether oxygens (including phenoxy) is 2. The van der Waals surface area contributed by atoms with Crippen LogP contribution in [-0.4, -0.2) is 60.1 Å². The van der Waals surface area contributed by atoms with Crippen LogP contribution in [0.3, 0.4) is 0 Å². The normalized spacial score (nSPS) is 21.3. The lowest BCUT2D eigenvalue weighted by molar-refractivity contribution is -0.0145. The maximum Gasteiger partial charge on any atom is 0.318 e. The van der Waals surface area contributed by atoms with Crippen molar-refractivity contribution in [2.45, 2.75) is 57.8 Å². The first-order chi connectivity index (χ1) is 11.5. The predicted molar refractivity (Wildman–Crippen MR) is 87.6 cm³/mol. The Bertz CT molecular complexity index is 536. The molecule has 0 spiro atoms. The molecule has 1 N–H and O–H groups in total. The van der Waals surface area contributed by atoms with E-state index in [0.29, 0.717) is 31.2 Å². The molecule has 24 heavy (non-hydrogen) atoms. The van der Waals surface area contributed by atoms with Gasteiger partial charge in [0.1, 0.15) is 6.04 Å². The largest absolute Gasteiger partial charge is 0.380 e. The minimum Gasteiger partial charge on any atom is -0.380 e. The second-order valence-corrected chi connectivity index (χ2v) is 6.19. The lowest BCUT2D eigenvalue weighted by Gasteiger charge is -2.32. The molecule has 1 fully saturated rings. The summed E-state index contributed by atoms with van der Waals surface area (Å²) in [5, 5.41) is 6.81. The molecule has 1 saturated heterocycles. The highest BCUT2D eigenvalue weighted by molar-refractivity contribution is 5.75. The molecule has 0 aromatic carbocycles. The Balaban J connectivity index is 2.08. The van der Waals surface area contributed by atoms with Gasteiger partial charge in [0.2, 0.25) is 5.89 Å². The van der Waals surface area contributed by atoms with Gasteiger partial charge in [-0.3, -0.25) is 0 Å². The highest BCUT2D eigenvalue weighted by atomic mass is 16.5. The number of aryl methyl sites for hydroxylation is 1. The topological polar surface area (TPSA) is 89.7 Å². The van der Waals surface area contributed by atoms with E-state index in [2.05, 4.69) is 29.3 Å². The van der Waals surface area contributed by atoms with Crippen molar-refractivity contribution >= 4 is 6.03 Å². The summed E-state index contributed by atoms with van der Waals surface area (Å²) in [6, 6.07) is -0.435. The van der Waals surface area contributed by atoms with E-state index in [1.807, 2.05) is 0 Å². The third-order valence-corrected chi connectivity index (χ3v) is 4.97. The number of likely N-dealkylation sites (tertiary alicyclic amines) is 1. The summed E-state index contributed by atoms with van der Waals surface area (Å²) in [6.45, 7) is 6.82. The SMILES string of the molecule is CCC(CC)(CNC(=O)N1C[C@@H](OC)C[C@@H]1c1nc(C)no1)OC. The molecule has 1 aromatic heterocycles. The first-order valence-corrected chi connectivity index (χ1v) is 8.41. The molecule has 2 rings (SSSR count). The molecule has 0 radical (unpaired) electrons. The zero-order chi connectivity index (χ0) is 17.7. The summed E-state index contributed by atoms with van der Waals surface area (Å²) in [5.41, 5.74) is -0.341. The quantitative estimate of drug-likeness (QED) is 0.817. The van der Waals surface area contributed by atoms with Crippen LogP contribution in [0.15, 0.2) is 4.52 Å². The number of carbonyl (C=O) groups excluding carboxylic acids is 1. The number of methoxy groups -OCH3 is 2. The molecule has 1 aliphatic heterocycles. The highest BCUT2D eigenvalue weighted by Crippen LogP contribution is 2.32. The fraction of sp³-hybridized carbons (Fsp3) is 0.812. The number of aromatic nitrogens is 2. The zero-order valence-corrected chi connectivity index (χ0v) is 15.2. The van der Waals surface area contributed by atoms with Gasteiger partial charge in [-0.15, -0.1) is 0 Å². The van der Waals surface area contributed by atoms with Gasteiger partial charge < -0.3 is 24.2 Å². The summed E-state index contributed by atoms with van der Waals surface area (Å²) in [4.78, 5) is 18.7.